The van der Waals surface area contributed by atoms with Crippen molar-refractivity contribution in [3.05, 3.63) is 35.4 Å². The van der Waals surface area contributed by atoms with E-state index in [1.807, 2.05) is 13.8 Å². The van der Waals surface area contributed by atoms with E-state index in [2.05, 4.69) is 43.1 Å². The van der Waals surface area contributed by atoms with Gasteiger partial charge in [-0.2, -0.15) is 0 Å². The van der Waals surface area contributed by atoms with Crippen molar-refractivity contribution in [2.24, 2.45) is 16.5 Å². The molecular weight excluding hydrogens is 198 g/mol. The molecule has 90 valence electrons. The highest BCUT2D eigenvalue weighted by Crippen LogP contribution is 2.14. The number of guanidine groups is 1. The van der Waals surface area contributed by atoms with Crippen LogP contribution in [0.1, 0.15) is 44.7 Å². The van der Waals surface area contributed by atoms with Crippen molar-refractivity contribution in [1.29, 1.82) is 0 Å². The molecule has 3 heteroatoms. The molecule has 0 aliphatic carbocycles. The minimum atomic E-state index is 0.137. The molecule has 3 nitrogen and oxygen atoms in total. The Hall–Kier alpha value is -1.51. The van der Waals surface area contributed by atoms with Crippen molar-refractivity contribution in [2.75, 3.05) is 0 Å². The lowest BCUT2D eigenvalue weighted by atomic mass is 10.0. The van der Waals surface area contributed by atoms with E-state index in [0.29, 0.717) is 12.5 Å². The van der Waals surface area contributed by atoms with E-state index in [1.54, 1.807) is 0 Å². The Morgan fingerprint density at radius 1 is 1.12 bits per heavy atom. The fraction of sp³-hybridized carbons (Fsp3) is 0.462. The molecule has 0 fully saturated rings. The van der Waals surface area contributed by atoms with E-state index < -0.39 is 0 Å². The molecule has 4 N–H and O–H groups in total. The van der Waals surface area contributed by atoms with Gasteiger partial charge in [0.2, 0.25) is 0 Å². The van der Waals surface area contributed by atoms with Gasteiger partial charge < -0.3 is 11.5 Å². The largest absolute Gasteiger partial charge is 0.370 e. The van der Waals surface area contributed by atoms with Crippen molar-refractivity contribution in [2.45, 2.75) is 40.2 Å². The fourth-order valence-electron chi connectivity index (χ4n) is 1.19. The Labute approximate surface area is 98.6 Å². The number of aliphatic imine (C=N–C) groups is 1. The maximum atomic E-state index is 5.25. The Morgan fingerprint density at radius 2 is 1.62 bits per heavy atom. The third-order valence-electron chi connectivity index (χ3n) is 2.09. The minimum Gasteiger partial charge on any atom is -0.370 e. The molecule has 0 amide bonds. The van der Waals surface area contributed by atoms with Crippen LogP contribution in [0.15, 0.2) is 29.3 Å². The van der Waals surface area contributed by atoms with Gasteiger partial charge in [-0.15, -0.1) is 0 Å². The number of benzene rings is 1. The van der Waals surface area contributed by atoms with Crippen molar-refractivity contribution in [1.82, 2.24) is 0 Å². The van der Waals surface area contributed by atoms with Gasteiger partial charge in [0.05, 0.1) is 6.54 Å². The molecular formula is C13H23N3. The summed E-state index contributed by atoms with van der Waals surface area (Å²) in [5.74, 6) is 0.699. The van der Waals surface area contributed by atoms with Crippen molar-refractivity contribution < 1.29 is 0 Å². The highest BCUT2D eigenvalue weighted by molar-refractivity contribution is 5.75. The van der Waals surface area contributed by atoms with Crippen LogP contribution in [-0.4, -0.2) is 5.96 Å². The zero-order valence-corrected chi connectivity index (χ0v) is 10.7. The van der Waals surface area contributed by atoms with Crippen molar-refractivity contribution in [3.63, 3.8) is 0 Å². The molecule has 1 rings (SSSR count). The van der Waals surface area contributed by atoms with Gasteiger partial charge in [-0.1, -0.05) is 52.0 Å². The standard InChI is InChI=1S/C11H17N3.C2H6/c1-8(2)10-5-3-9(4-6-10)7-14-11(12)13;1-2/h3-6,8H,7H2,1-2H3,(H4,12,13,14);1-2H3. The average molecular weight is 221 g/mol. The highest BCUT2D eigenvalue weighted by Gasteiger charge is 1.98. The van der Waals surface area contributed by atoms with Gasteiger partial charge in [0, 0.05) is 0 Å². The van der Waals surface area contributed by atoms with Gasteiger partial charge in [0.25, 0.3) is 0 Å². The molecule has 1 aromatic rings. The van der Waals surface area contributed by atoms with Crippen molar-refractivity contribution in [3.8, 4) is 0 Å². The summed E-state index contributed by atoms with van der Waals surface area (Å²) in [4.78, 5) is 3.94. The molecule has 16 heavy (non-hydrogen) atoms. The Kier molecular flexibility index (Phi) is 7.01. The van der Waals surface area contributed by atoms with Gasteiger partial charge in [-0.25, -0.2) is 4.99 Å². The Morgan fingerprint density at radius 3 is 2.00 bits per heavy atom. The smallest absolute Gasteiger partial charge is 0.186 e. The molecule has 0 saturated carbocycles. The van der Waals surface area contributed by atoms with Crippen LogP contribution in [-0.2, 0) is 6.54 Å². The highest BCUT2D eigenvalue weighted by atomic mass is 15.0. The monoisotopic (exact) mass is 221 g/mol. The quantitative estimate of drug-likeness (QED) is 0.608. The van der Waals surface area contributed by atoms with Crippen LogP contribution in [0.3, 0.4) is 0 Å². The van der Waals surface area contributed by atoms with Gasteiger partial charge in [0.15, 0.2) is 5.96 Å². The first-order valence-corrected chi connectivity index (χ1v) is 5.74. The second-order valence-corrected chi connectivity index (χ2v) is 3.64. The lowest BCUT2D eigenvalue weighted by Crippen LogP contribution is -2.22. The first kappa shape index (κ1) is 14.5. The van der Waals surface area contributed by atoms with E-state index in [4.69, 9.17) is 11.5 Å². The molecule has 0 saturated heterocycles. The molecule has 0 aliphatic rings. The first-order valence-electron chi connectivity index (χ1n) is 5.74. The maximum Gasteiger partial charge on any atom is 0.186 e. The number of nitrogens with zero attached hydrogens (tertiary/aromatic N) is 1. The molecule has 0 spiro atoms. The zero-order chi connectivity index (χ0) is 12.6. The van der Waals surface area contributed by atoms with E-state index >= 15 is 0 Å². The van der Waals surface area contributed by atoms with Crippen LogP contribution in [0.4, 0.5) is 0 Å². The zero-order valence-electron chi connectivity index (χ0n) is 10.7. The van der Waals surface area contributed by atoms with Crippen LogP contribution >= 0.6 is 0 Å². The second-order valence-electron chi connectivity index (χ2n) is 3.64. The Bertz CT molecular complexity index is 308. The third-order valence-corrected chi connectivity index (χ3v) is 2.09. The number of hydrogen-bond acceptors (Lipinski definition) is 1. The van der Waals surface area contributed by atoms with Gasteiger partial charge in [-0.3, -0.25) is 0 Å². The van der Waals surface area contributed by atoms with E-state index in [0.717, 1.165) is 5.56 Å². The summed E-state index contributed by atoms with van der Waals surface area (Å²) in [5.41, 5.74) is 13.0. The van der Waals surface area contributed by atoms with Crippen LogP contribution in [0, 0.1) is 0 Å². The number of nitrogens with two attached hydrogens (primary N) is 2. The topological polar surface area (TPSA) is 64.4 Å². The summed E-state index contributed by atoms with van der Waals surface area (Å²) in [6.07, 6.45) is 0. The normalized spacial score (nSPS) is 9.31. The van der Waals surface area contributed by atoms with Gasteiger partial charge in [-0.05, 0) is 17.0 Å². The predicted octanol–water partition coefficient (Wildman–Crippen LogP) is 2.61. The van der Waals surface area contributed by atoms with E-state index in [1.165, 1.54) is 5.56 Å². The number of hydrogen-bond donors (Lipinski definition) is 2. The summed E-state index contributed by atoms with van der Waals surface area (Å²) >= 11 is 0. The molecule has 0 heterocycles. The average Bonchev–Trinajstić information content (AvgIpc) is 2.29. The number of rotatable bonds is 3. The fourth-order valence-corrected chi connectivity index (χ4v) is 1.19. The van der Waals surface area contributed by atoms with Crippen molar-refractivity contribution >= 4 is 5.96 Å². The molecule has 0 aromatic heterocycles. The van der Waals surface area contributed by atoms with E-state index in [9.17, 15) is 0 Å². The predicted molar refractivity (Wildman–Crippen MR) is 71.4 cm³/mol. The molecule has 0 radical (unpaired) electrons. The summed E-state index contributed by atoms with van der Waals surface area (Å²) in [6, 6.07) is 8.34. The van der Waals surface area contributed by atoms with Crippen LogP contribution in [0.5, 0.6) is 0 Å². The minimum absolute atomic E-state index is 0.137. The van der Waals surface area contributed by atoms with Crippen LogP contribution in [0.25, 0.3) is 0 Å². The van der Waals surface area contributed by atoms with Gasteiger partial charge >= 0.3 is 0 Å². The van der Waals surface area contributed by atoms with Gasteiger partial charge in [0.1, 0.15) is 0 Å². The third kappa shape index (κ3) is 5.39. The summed E-state index contributed by atoms with van der Waals surface area (Å²) < 4.78 is 0. The molecule has 0 bridgehead atoms. The van der Waals surface area contributed by atoms with E-state index in [-0.39, 0.29) is 5.96 Å². The molecule has 0 unspecified atom stereocenters. The molecule has 1 aromatic carbocycles. The summed E-state index contributed by atoms with van der Waals surface area (Å²) in [6.45, 7) is 8.90. The summed E-state index contributed by atoms with van der Waals surface area (Å²) in [5, 5.41) is 0. The van der Waals surface area contributed by atoms with Crippen LogP contribution in [0.2, 0.25) is 0 Å². The van der Waals surface area contributed by atoms with Crippen LogP contribution < -0.4 is 11.5 Å². The summed E-state index contributed by atoms with van der Waals surface area (Å²) in [7, 11) is 0. The molecule has 0 aliphatic heterocycles. The maximum absolute atomic E-state index is 5.25. The lowest BCUT2D eigenvalue weighted by molar-refractivity contribution is 0.864. The first-order chi connectivity index (χ1) is 7.59. The second kappa shape index (κ2) is 7.74. The SMILES string of the molecule is CC.CC(C)c1ccc(CN=C(N)N)cc1. The Balaban J connectivity index is 0.00000106. The molecule has 0 atom stereocenters. The lowest BCUT2D eigenvalue weighted by Gasteiger charge is -2.05.